The number of carbonyl (C=O) groups is 4. The van der Waals surface area contributed by atoms with Crippen LogP contribution in [0.1, 0.15) is 41.0 Å². The Morgan fingerprint density at radius 1 is 0.495 bits per heavy atom. The van der Waals surface area contributed by atoms with Gasteiger partial charge >= 0.3 is 5.97 Å². The molecule has 40 heteroatoms. The van der Waals surface area contributed by atoms with Crippen molar-refractivity contribution in [1.29, 1.82) is 0 Å². The first-order valence-corrected chi connectivity index (χ1v) is 28.9. The van der Waals surface area contributed by atoms with Gasteiger partial charge in [0.2, 0.25) is 17.7 Å². The van der Waals surface area contributed by atoms with Gasteiger partial charge < -0.3 is 180 Å². The molecule has 0 bridgehead atoms. The largest absolute Gasteiger partial charge is 0.477 e. The average molecular weight is 1330 g/mol. The molecule has 6 aliphatic rings. The van der Waals surface area contributed by atoms with Crippen LogP contribution in [-0.4, -0.2) is 385 Å². The van der Waals surface area contributed by atoms with Crippen LogP contribution in [0.3, 0.4) is 0 Å². The molecule has 35 atom stereocenters. The Bertz CT molecular complexity index is 2330. The number of nitrogens with one attached hydrogen (secondary N) is 3. The highest BCUT2D eigenvalue weighted by atomic mass is 16.8. The number of aliphatic carboxylic acids is 1. The quantitative estimate of drug-likeness (QED) is 0.0363. The number of amides is 3. The Balaban J connectivity index is 1.47. The summed E-state index contributed by atoms with van der Waals surface area (Å²) in [5.41, 5.74) is 0. The van der Waals surface area contributed by atoms with Crippen molar-refractivity contribution in [3.63, 3.8) is 0 Å². The normalized spacial score (nSPS) is 44.3. The van der Waals surface area contributed by atoms with E-state index in [4.69, 9.17) is 56.8 Å². The fraction of sp³-hybridized carbons (Fsp3) is 0.922. The molecule has 6 fully saturated rings. The minimum Gasteiger partial charge on any atom is -0.477 e. The molecule has 0 aliphatic carbocycles. The highest BCUT2D eigenvalue weighted by molar-refractivity contribution is 5.77. The lowest BCUT2D eigenvalue weighted by Gasteiger charge is -2.53. The molecule has 91 heavy (non-hydrogen) atoms. The lowest BCUT2D eigenvalue weighted by Crippen LogP contribution is -2.72. The smallest absolute Gasteiger partial charge is 0.364 e. The molecule has 6 heterocycles. The third kappa shape index (κ3) is 17.2. The molecule has 6 aliphatic heterocycles. The van der Waals surface area contributed by atoms with E-state index in [2.05, 4.69) is 16.0 Å². The molecular formula is C51H87N3O37. The summed E-state index contributed by atoms with van der Waals surface area (Å²) < 4.78 is 72.0. The molecular weight excluding hydrogens is 1250 g/mol. The number of aliphatic hydroxyl groups is 20. The zero-order chi connectivity index (χ0) is 68.0. The monoisotopic (exact) mass is 1330 g/mol. The van der Waals surface area contributed by atoms with Crippen molar-refractivity contribution in [2.45, 2.75) is 255 Å². The van der Waals surface area contributed by atoms with Crippen molar-refractivity contribution in [3.05, 3.63) is 0 Å². The third-order valence-electron chi connectivity index (χ3n) is 16.3. The van der Waals surface area contributed by atoms with E-state index in [1.165, 1.54) is 13.8 Å². The first kappa shape index (κ1) is 76.6. The summed E-state index contributed by atoms with van der Waals surface area (Å²) in [6.07, 6.45) is -67.1. The van der Waals surface area contributed by atoms with E-state index in [1.807, 2.05) is 0 Å². The van der Waals surface area contributed by atoms with Crippen molar-refractivity contribution in [2.75, 3.05) is 39.6 Å². The minimum absolute atomic E-state index is 0.862. The Morgan fingerprint density at radius 2 is 0.956 bits per heavy atom. The van der Waals surface area contributed by atoms with Crippen LogP contribution in [0.25, 0.3) is 0 Å². The molecule has 0 saturated carbocycles. The molecule has 0 unspecified atom stereocenters. The lowest BCUT2D eigenvalue weighted by molar-refractivity contribution is -0.406. The van der Waals surface area contributed by atoms with Crippen LogP contribution in [0.4, 0.5) is 0 Å². The van der Waals surface area contributed by atoms with E-state index in [9.17, 15) is 126 Å². The Morgan fingerprint density at radius 3 is 1.44 bits per heavy atom. The number of carboxylic acids is 1. The Kier molecular flexibility index (Phi) is 27.8. The summed E-state index contributed by atoms with van der Waals surface area (Å²) in [6.45, 7) is -1.88. The van der Waals surface area contributed by atoms with Crippen molar-refractivity contribution in [1.82, 2.24) is 16.0 Å². The van der Waals surface area contributed by atoms with Crippen molar-refractivity contribution >= 4 is 23.7 Å². The van der Waals surface area contributed by atoms with Crippen LogP contribution in [0, 0.1) is 0 Å². The van der Waals surface area contributed by atoms with E-state index < -0.39 is 284 Å². The maximum Gasteiger partial charge on any atom is 0.364 e. The van der Waals surface area contributed by atoms with Gasteiger partial charge in [-0.25, -0.2) is 4.79 Å². The van der Waals surface area contributed by atoms with Crippen LogP contribution in [0.2, 0.25) is 0 Å². The molecule has 0 aromatic heterocycles. The Labute approximate surface area is 516 Å². The molecule has 6 saturated heterocycles. The zero-order valence-corrected chi connectivity index (χ0v) is 49.5. The number of hydrogen-bond acceptors (Lipinski definition) is 36. The van der Waals surface area contributed by atoms with Crippen molar-refractivity contribution in [2.24, 2.45) is 0 Å². The van der Waals surface area contributed by atoms with Gasteiger partial charge in [-0.2, -0.15) is 0 Å². The van der Waals surface area contributed by atoms with Gasteiger partial charge in [0.15, 0.2) is 31.5 Å². The second kappa shape index (κ2) is 33.0. The van der Waals surface area contributed by atoms with Crippen LogP contribution >= 0.6 is 0 Å². The Hall–Kier alpha value is -3.40. The van der Waals surface area contributed by atoms with Gasteiger partial charge in [-0.05, 0) is 13.8 Å². The number of ether oxygens (including phenoxy) is 12. The maximum atomic E-state index is 13.5. The molecule has 528 valence electrons. The minimum atomic E-state index is -3.31. The van der Waals surface area contributed by atoms with Gasteiger partial charge in [-0.1, -0.05) is 0 Å². The molecule has 0 aromatic carbocycles. The van der Waals surface area contributed by atoms with Gasteiger partial charge in [0.1, 0.15) is 146 Å². The highest BCUT2D eigenvalue weighted by Crippen LogP contribution is 2.41. The van der Waals surface area contributed by atoms with E-state index in [-0.39, 0.29) is 0 Å². The number of hydrogen-bond donors (Lipinski definition) is 24. The van der Waals surface area contributed by atoms with Crippen molar-refractivity contribution in [3.8, 4) is 0 Å². The standard InChI is InChI=1S/C51H87N3O37/c1-13-27(67)33(73)35(75)46(80-13)87-41-26(54-17(5)63)45(88-43-32(72)23(11-59)83-49(44(43)89-47-36(76)34(74)28(68)14(2)81-47)85-38(29(69)20(65)8-56)18(7-55)52-15(3)61)84-24(12-60)39(41)86-48-37(77)42(31(71)22(10-58)82-48)91-51(50(78)79)6-19(64)25(53-16(4)62)40(90-51)30(70)21(66)9-57/h13-14,18-49,55-60,64-77H,6-12H2,1-5H3,(H,52,61)(H,53,62)(H,54,63)(H,78,79)/t13-,14-,18-,19-,20+,21+,22+,23+,24+,25+,26+,27+,28+,29-,30+,31-,32-,33+,34+,35-,36-,37+,38+,39+,40+,41+,42-,43-,44+,45-,46-,47-,48-,49-,51-/m0/s1. The second-order valence-corrected chi connectivity index (χ2v) is 22.9. The fourth-order valence-corrected chi connectivity index (χ4v) is 11.4. The molecule has 0 aromatic rings. The summed E-state index contributed by atoms with van der Waals surface area (Å²) in [4.78, 5) is 51.4. The van der Waals surface area contributed by atoms with Crippen LogP contribution in [0.5, 0.6) is 0 Å². The SMILES string of the molecule is CC(=O)N[C@H]1[C@H](O[C@H]2[C@@H](O)[C@@H](CO)O[C@@H](O[C@@H]([C@@H](O)[C@H](O)CO)[C@H](CO)NC(C)=O)[C@@H]2O[C@@H]2O[C@@H](C)[C@@H](O)[C@@H](O)[C@@H]2O)O[C@H](CO)[C@@H](O[C@@H]2O[C@H](CO)[C@H](O)[C@H](O[C@]3(C(=O)O)C[C@H](O)[C@@H](NC(C)=O)[C@H]([C@H](O)[C@H](O)CO)O3)[C@H]2O)[C@@H]1O[C@@H]1O[C@@H](C)[C@@H](O)[C@@H](O)[C@@H]1O. The lowest BCUT2D eigenvalue weighted by atomic mass is 9.88. The molecule has 0 spiro atoms. The summed E-state index contributed by atoms with van der Waals surface area (Å²) in [5.74, 6) is -8.22. The van der Waals surface area contributed by atoms with E-state index in [0.717, 1.165) is 20.8 Å². The molecule has 24 N–H and O–H groups in total. The summed E-state index contributed by atoms with van der Waals surface area (Å²) >= 11 is 0. The van der Waals surface area contributed by atoms with Crippen molar-refractivity contribution < 1.29 is 183 Å². The average Bonchev–Trinajstić information content (AvgIpc) is 0.783. The first-order valence-electron chi connectivity index (χ1n) is 28.9. The highest BCUT2D eigenvalue weighted by Gasteiger charge is 2.62. The molecule has 40 nitrogen and oxygen atoms in total. The predicted octanol–water partition coefficient (Wildman–Crippen LogP) is -14.9. The maximum absolute atomic E-state index is 13.5. The molecule has 0 radical (unpaired) electrons. The number of aliphatic hydroxyl groups excluding tert-OH is 20. The second-order valence-electron chi connectivity index (χ2n) is 22.9. The van der Waals surface area contributed by atoms with E-state index in [0.29, 0.717) is 0 Å². The zero-order valence-electron chi connectivity index (χ0n) is 49.5. The van der Waals surface area contributed by atoms with Gasteiger partial charge in [0.25, 0.3) is 5.79 Å². The van der Waals surface area contributed by atoms with E-state index >= 15 is 0 Å². The van der Waals surface area contributed by atoms with Crippen LogP contribution in [-0.2, 0) is 76.0 Å². The van der Waals surface area contributed by atoms with Gasteiger partial charge in [0, 0.05) is 27.2 Å². The molecule has 6 rings (SSSR count). The number of carbonyl (C=O) groups excluding carboxylic acids is 3. The van der Waals surface area contributed by atoms with Gasteiger partial charge in [0.05, 0.1) is 70.0 Å². The fourth-order valence-electron chi connectivity index (χ4n) is 11.4. The number of carboxylic acid groups (broad SMARTS) is 1. The van der Waals surface area contributed by atoms with Gasteiger partial charge in [-0.3, -0.25) is 14.4 Å². The summed E-state index contributed by atoms with van der Waals surface area (Å²) in [7, 11) is 0. The predicted molar refractivity (Wildman–Crippen MR) is 283 cm³/mol. The molecule has 3 amide bonds. The summed E-state index contributed by atoms with van der Waals surface area (Å²) in [6, 6.07) is -5.56. The van der Waals surface area contributed by atoms with Crippen LogP contribution in [0.15, 0.2) is 0 Å². The van der Waals surface area contributed by atoms with Crippen LogP contribution < -0.4 is 16.0 Å². The first-order chi connectivity index (χ1) is 42.7. The summed E-state index contributed by atoms with van der Waals surface area (Å²) in [5, 5.41) is 237. The number of rotatable bonds is 27. The topological polar surface area (TPSA) is 640 Å². The van der Waals surface area contributed by atoms with E-state index in [1.54, 1.807) is 0 Å². The van der Waals surface area contributed by atoms with Gasteiger partial charge in [-0.15, -0.1) is 0 Å². The third-order valence-corrected chi connectivity index (χ3v) is 16.3.